The fourth-order valence-electron chi connectivity index (χ4n) is 6.09. The van der Waals surface area contributed by atoms with Crippen LogP contribution in [0.5, 0.6) is 5.75 Å². The summed E-state index contributed by atoms with van der Waals surface area (Å²) in [4.78, 5) is 5.11. The summed E-state index contributed by atoms with van der Waals surface area (Å²) in [6, 6.07) is 41.8. The molecule has 1 heterocycles. The highest BCUT2D eigenvalue weighted by Crippen LogP contribution is 2.45. The molecule has 1 aromatic heterocycles. The third-order valence-corrected chi connectivity index (χ3v) is 8.88. The molecule has 1 atom stereocenters. The lowest BCUT2D eigenvalue weighted by Gasteiger charge is -2.39. The van der Waals surface area contributed by atoms with Gasteiger partial charge in [0.2, 0.25) is 0 Å². The summed E-state index contributed by atoms with van der Waals surface area (Å²) in [5.41, 5.74) is 4.38. The monoisotopic (exact) mass is 660 g/mol. The van der Waals surface area contributed by atoms with Crippen molar-refractivity contribution < 1.29 is 14.2 Å². The predicted molar refractivity (Wildman–Crippen MR) is 181 cm³/mol. The largest absolute Gasteiger partial charge is 0.491 e. The Balaban J connectivity index is 1.73. The number of aromatic nitrogens is 2. The zero-order valence-corrected chi connectivity index (χ0v) is 26.8. The molecule has 0 fully saturated rings. The number of aryl methyl sites for hydroxylation is 1. The maximum Gasteiger partial charge on any atom is 0.171 e. The van der Waals surface area contributed by atoms with E-state index in [9.17, 15) is 5.11 Å². The van der Waals surface area contributed by atoms with Crippen molar-refractivity contribution in [3.8, 4) is 17.0 Å². The molecule has 6 rings (SSSR count). The van der Waals surface area contributed by atoms with Crippen molar-refractivity contribution in [1.29, 1.82) is 0 Å². The summed E-state index contributed by atoms with van der Waals surface area (Å²) in [6.45, 7) is 4.12. The average Bonchev–Trinajstić information content (AvgIpc) is 3.53. The molecule has 0 aliphatic rings. The van der Waals surface area contributed by atoms with Crippen molar-refractivity contribution in [3.05, 3.63) is 178 Å². The molecule has 45 heavy (non-hydrogen) atoms. The van der Waals surface area contributed by atoms with Crippen LogP contribution in [-0.2, 0) is 12.0 Å². The molecule has 1 unspecified atom stereocenters. The van der Waals surface area contributed by atoms with E-state index >= 15 is 4.39 Å². The van der Waals surface area contributed by atoms with Crippen LogP contribution in [0.4, 0.5) is 4.39 Å². The Morgan fingerprint density at radius 2 is 1.33 bits per heavy atom. The van der Waals surface area contributed by atoms with E-state index in [4.69, 9.17) is 9.72 Å². The Bertz CT molecular complexity index is 1800. The predicted octanol–water partition coefficient (Wildman–Crippen LogP) is 9.33. The lowest BCUT2D eigenvalue weighted by atomic mass is 9.76. The Kier molecular flexibility index (Phi) is 8.97. The molecular formula is C39H34BrFN2O2. The van der Waals surface area contributed by atoms with E-state index in [-0.39, 0.29) is 11.3 Å². The van der Waals surface area contributed by atoms with Crippen molar-refractivity contribution >= 4 is 15.9 Å². The summed E-state index contributed by atoms with van der Waals surface area (Å²) < 4.78 is 24.7. The van der Waals surface area contributed by atoms with Gasteiger partial charge in [0, 0.05) is 21.8 Å². The Labute approximate surface area is 271 Å². The van der Waals surface area contributed by atoms with Crippen molar-refractivity contribution in [2.75, 3.05) is 6.61 Å². The first-order valence-corrected chi connectivity index (χ1v) is 15.9. The van der Waals surface area contributed by atoms with Crippen LogP contribution in [0.15, 0.2) is 138 Å². The van der Waals surface area contributed by atoms with Crippen LogP contribution in [0.25, 0.3) is 11.3 Å². The van der Waals surface area contributed by atoms with Gasteiger partial charge in [0.05, 0.1) is 12.3 Å². The highest BCUT2D eigenvalue weighted by atomic mass is 79.9. The Hall–Kier alpha value is -4.52. The number of rotatable bonds is 10. The molecule has 0 aliphatic heterocycles. The van der Waals surface area contributed by atoms with Crippen LogP contribution in [0, 0.1) is 5.82 Å². The minimum atomic E-state index is -1.41. The minimum absolute atomic E-state index is 0.117. The first-order chi connectivity index (χ1) is 22.0. The van der Waals surface area contributed by atoms with Crippen LogP contribution < -0.4 is 4.74 Å². The van der Waals surface area contributed by atoms with E-state index in [1.807, 2.05) is 103 Å². The molecule has 0 aliphatic carbocycles. The normalized spacial score (nSPS) is 12.2. The number of nitrogens with zero attached hydrogens (tertiary/aromatic N) is 2. The second-order valence-corrected chi connectivity index (χ2v) is 11.7. The van der Waals surface area contributed by atoms with Gasteiger partial charge in [-0.3, -0.25) is 0 Å². The van der Waals surface area contributed by atoms with Gasteiger partial charge in [-0.05, 0) is 53.8 Å². The lowest BCUT2D eigenvalue weighted by molar-refractivity contribution is 0.193. The molecule has 6 aromatic rings. The summed E-state index contributed by atoms with van der Waals surface area (Å²) in [5.74, 6) is -0.175. The van der Waals surface area contributed by atoms with Gasteiger partial charge in [-0.2, -0.15) is 0 Å². The Morgan fingerprint density at radius 3 is 1.84 bits per heavy atom. The van der Waals surface area contributed by atoms with E-state index in [1.54, 1.807) is 12.1 Å². The summed E-state index contributed by atoms with van der Waals surface area (Å²) in [5, 5.41) is 12.3. The fourth-order valence-corrected chi connectivity index (χ4v) is 6.58. The van der Waals surface area contributed by atoms with Gasteiger partial charge in [-0.1, -0.05) is 132 Å². The van der Waals surface area contributed by atoms with Gasteiger partial charge in [0.15, 0.2) is 11.6 Å². The molecule has 4 nitrogen and oxygen atoms in total. The highest BCUT2D eigenvalue weighted by molar-refractivity contribution is 9.10. The summed E-state index contributed by atoms with van der Waals surface area (Å²) in [6.07, 6.45) is 1.21. The van der Waals surface area contributed by atoms with Gasteiger partial charge in [0.25, 0.3) is 0 Å². The van der Waals surface area contributed by atoms with Gasteiger partial charge < -0.3 is 14.4 Å². The molecule has 0 spiro atoms. The van der Waals surface area contributed by atoms with E-state index < -0.39 is 17.5 Å². The standard InChI is InChI=1S/C39H34BrFN2O2/c1-3-27-24-32(36(41)35(25-27)45-4-2)37(44)38-42-34(31-22-14-15-23-33(31)40)26-43(38)39(28-16-8-5-9-17-28,29-18-10-6-11-19-29)30-20-12-7-13-21-30/h5-26,37,44H,3-4H2,1-2H3. The molecule has 0 radical (unpaired) electrons. The van der Waals surface area contributed by atoms with Crippen molar-refractivity contribution in [2.45, 2.75) is 31.9 Å². The molecule has 226 valence electrons. The Morgan fingerprint density at radius 1 is 0.800 bits per heavy atom. The van der Waals surface area contributed by atoms with Crippen molar-refractivity contribution in [3.63, 3.8) is 0 Å². The van der Waals surface area contributed by atoms with Crippen LogP contribution in [-0.4, -0.2) is 21.3 Å². The number of hydrogen-bond acceptors (Lipinski definition) is 3. The van der Waals surface area contributed by atoms with Crippen LogP contribution in [0.3, 0.4) is 0 Å². The lowest BCUT2D eigenvalue weighted by Crippen LogP contribution is -2.39. The SMILES string of the molecule is CCOc1cc(CC)cc(C(O)c2nc(-c3ccccc3Br)cn2C(c2ccccc2)(c2ccccc2)c2ccccc2)c1F. The molecule has 0 saturated heterocycles. The summed E-state index contributed by atoms with van der Waals surface area (Å²) in [7, 11) is 0. The third kappa shape index (κ3) is 5.60. The number of aliphatic hydroxyl groups is 1. The molecular weight excluding hydrogens is 627 g/mol. The van der Waals surface area contributed by atoms with Gasteiger partial charge in [0.1, 0.15) is 17.5 Å². The van der Waals surface area contributed by atoms with Crippen LogP contribution in [0.1, 0.15) is 53.6 Å². The zero-order valence-electron chi connectivity index (χ0n) is 25.2. The third-order valence-electron chi connectivity index (χ3n) is 8.19. The minimum Gasteiger partial charge on any atom is -0.491 e. The van der Waals surface area contributed by atoms with Crippen LogP contribution in [0.2, 0.25) is 0 Å². The first kappa shape index (κ1) is 30.5. The number of halogens is 2. The number of ether oxygens (including phenoxy) is 1. The molecule has 1 N–H and O–H groups in total. The smallest absolute Gasteiger partial charge is 0.171 e. The molecule has 6 heteroatoms. The molecule has 0 bridgehead atoms. The van der Waals surface area contributed by atoms with Gasteiger partial charge in [-0.15, -0.1) is 0 Å². The van der Waals surface area contributed by atoms with Crippen LogP contribution >= 0.6 is 15.9 Å². The maximum absolute atomic E-state index is 16.2. The van der Waals surface area contributed by atoms with Gasteiger partial charge >= 0.3 is 0 Å². The second kappa shape index (κ2) is 13.2. The first-order valence-electron chi connectivity index (χ1n) is 15.1. The van der Waals surface area contributed by atoms with Gasteiger partial charge in [-0.25, -0.2) is 9.37 Å². The number of aliphatic hydroxyl groups excluding tert-OH is 1. The van der Waals surface area contributed by atoms with E-state index in [0.29, 0.717) is 24.5 Å². The highest BCUT2D eigenvalue weighted by Gasteiger charge is 2.42. The number of imidazole rings is 1. The van der Waals surface area contributed by atoms with E-state index in [1.165, 1.54) is 0 Å². The fraction of sp³-hybridized carbons (Fsp3) is 0.154. The second-order valence-electron chi connectivity index (χ2n) is 10.8. The zero-order chi connectivity index (χ0) is 31.4. The topological polar surface area (TPSA) is 47.3 Å². The quantitative estimate of drug-likeness (QED) is 0.149. The van der Waals surface area contributed by atoms with Crippen molar-refractivity contribution in [2.24, 2.45) is 0 Å². The number of hydrogen-bond donors (Lipinski definition) is 1. The average molecular weight is 662 g/mol. The molecule has 0 saturated carbocycles. The number of benzene rings is 5. The van der Waals surface area contributed by atoms with Crippen molar-refractivity contribution in [1.82, 2.24) is 9.55 Å². The molecule has 5 aromatic carbocycles. The van der Waals surface area contributed by atoms with E-state index in [0.717, 1.165) is 32.3 Å². The van der Waals surface area contributed by atoms with E-state index in [2.05, 4.69) is 52.3 Å². The molecule has 0 amide bonds. The summed E-state index contributed by atoms with van der Waals surface area (Å²) >= 11 is 3.70. The maximum atomic E-state index is 16.2.